The van der Waals surface area contributed by atoms with Crippen LogP contribution in [0.1, 0.15) is 19.5 Å². The third-order valence-electron chi connectivity index (χ3n) is 1.88. The van der Waals surface area contributed by atoms with Gasteiger partial charge >= 0.3 is 0 Å². The monoisotopic (exact) mass is 211 g/mol. The molecule has 0 aromatic carbocycles. The largest absolute Gasteiger partial charge is 0.390 e. The summed E-state index contributed by atoms with van der Waals surface area (Å²) in [6.45, 7) is 4.92. The molecule has 0 spiro atoms. The third-order valence-corrected chi connectivity index (χ3v) is 1.88. The second-order valence-electron chi connectivity index (χ2n) is 3.89. The van der Waals surface area contributed by atoms with E-state index in [2.05, 4.69) is 10.3 Å². The van der Waals surface area contributed by atoms with Crippen molar-refractivity contribution in [2.45, 2.75) is 27.0 Å². The smallest absolute Gasteiger partial charge is 0.239 e. The van der Waals surface area contributed by atoms with Gasteiger partial charge in [-0.15, -0.1) is 0 Å². The molecule has 2 N–H and O–H groups in total. The summed E-state index contributed by atoms with van der Waals surface area (Å²) in [5.41, 5.74) is 0.576. The van der Waals surface area contributed by atoms with Crippen molar-refractivity contribution in [3.05, 3.63) is 18.2 Å². The minimum absolute atomic E-state index is 0.0365. The van der Waals surface area contributed by atoms with Gasteiger partial charge < -0.3 is 15.0 Å². The van der Waals surface area contributed by atoms with Crippen molar-refractivity contribution >= 4 is 5.91 Å². The van der Waals surface area contributed by atoms with Crippen LogP contribution in [-0.2, 0) is 17.9 Å². The summed E-state index contributed by atoms with van der Waals surface area (Å²) in [6.07, 6.45) is 3.20. The number of hydrogen-bond donors (Lipinski definition) is 2. The average molecular weight is 211 g/mol. The first kappa shape index (κ1) is 11.7. The molecule has 0 aliphatic carbocycles. The number of nitrogens with one attached hydrogen (secondary N) is 1. The van der Waals surface area contributed by atoms with Crippen LogP contribution in [0, 0.1) is 5.92 Å². The Bertz CT molecular complexity index is 320. The third kappa shape index (κ3) is 4.12. The predicted molar refractivity (Wildman–Crippen MR) is 56.0 cm³/mol. The molecular formula is C10H17N3O2. The van der Waals surface area contributed by atoms with Gasteiger partial charge in [-0.1, -0.05) is 13.8 Å². The Kier molecular flexibility index (Phi) is 4.30. The number of amides is 1. The first-order chi connectivity index (χ1) is 7.11. The maximum absolute atomic E-state index is 11.4. The second-order valence-corrected chi connectivity index (χ2v) is 3.89. The van der Waals surface area contributed by atoms with Gasteiger partial charge in [0, 0.05) is 12.7 Å². The van der Waals surface area contributed by atoms with E-state index in [9.17, 15) is 4.79 Å². The molecule has 84 valence electrons. The molecule has 0 aliphatic rings. The van der Waals surface area contributed by atoms with Crippen molar-refractivity contribution in [1.29, 1.82) is 0 Å². The molecule has 5 heteroatoms. The Morgan fingerprint density at radius 1 is 1.67 bits per heavy atom. The molecule has 0 unspecified atom stereocenters. The van der Waals surface area contributed by atoms with Gasteiger partial charge in [0.25, 0.3) is 0 Å². The molecular weight excluding hydrogens is 194 g/mol. The molecule has 5 nitrogen and oxygen atoms in total. The molecule has 0 fully saturated rings. The number of carbonyl (C=O) groups is 1. The van der Waals surface area contributed by atoms with Crippen LogP contribution in [0.5, 0.6) is 0 Å². The lowest BCUT2D eigenvalue weighted by molar-refractivity contribution is -0.121. The molecule has 0 bridgehead atoms. The van der Waals surface area contributed by atoms with Crippen LogP contribution in [0.25, 0.3) is 0 Å². The molecule has 0 aliphatic heterocycles. The summed E-state index contributed by atoms with van der Waals surface area (Å²) < 4.78 is 1.65. The number of nitrogens with zero attached hydrogens (tertiary/aromatic N) is 2. The standard InChI is InChI=1S/C10H17N3O2/c1-8(2)3-11-10(15)5-13-4-9(6-14)12-7-13/h4,7-8,14H,3,5-6H2,1-2H3,(H,11,15). The van der Waals surface area contributed by atoms with Gasteiger partial charge in [0.15, 0.2) is 0 Å². The van der Waals surface area contributed by atoms with Crippen molar-refractivity contribution in [3.63, 3.8) is 0 Å². The zero-order valence-electron chi connectivity index (χ0n) is 9.10. The van der Waals surface area contributed by atoms with Gasteiger partial charge in [0.1, 0.15) is 6.54 Å². The Balaban J connectivity index is 2.37. The van der Waals surface area contributed by atoms with Gasteiger partial charge in [0.2, 0.25) is 5.91 Å². The molecule has 1 amide bonds. The summed E-state index contributed by atoms with van der Waals surface area (Å²) in [6, 6.07) is 0. The lowest BCUT2D eigenvalue weighted by atomic mass is 10.2. The van der Waals surface area contributed by atoms with Crippen LogP contribution in [0.3, 0.4) is 0 Å². The van der Waals surface area contributed by atoms with Gasteiger partial charge in [-0.2, -0.15) is 0 Å². The lowest BCUT2D eigenvalue weighted by Gasteiger charge is -2.07. The Labute approximate surface area is 89.1 Å². The van der Waals surface area contributed by atoms with Crippen LogP contribution in [0.4, 0.5) is 0 Å². The van der Waals surface area contributed by atoms with E-state index in [0.717, 1.165) is 0 Å². The summed E-state index contributed by atoms with van der Waals surface area (Å²) in [4.78, 5) is 15.3. The van der Waals surface area contributed by atoms with Crippen LogP contribution < -0.4 is 5.32 Å². The molecule has 1 rings (SSSR count). The number of aliphatic hydroxyl groups is 1. The molecule has 1 aromatic heterocycles. The lowest BCUT2D eigenvalue weighted by Crippen LogP contribution is -2.30. The highest BCUT2D eigenvalue weighted by Gasteiger charge is 2.04. The van der Waals surface area contributed by atoms with Crippen LogP contribution >= 0.6 is 0 Å². The molecule has 0 saturated heterocycles. The van der Waals surface area contributed by atoms with Gasteiger partial charge in [-0.05, 0) is 5.92 Å². The van der Waals surface area contributed by atoms with Crippen molar-refractivity contribution in [2.24, 2.45) is 5.92 Å². The van der Waals surface area contributed by atoms with E-state index < -0.39 is 0 Å². The minimum atomic E-state index is -0.0966. The van der Waals surface area contributed by atoms with Crippen molar-refractivity contribution in [2.75, 3.05) is 6.54 Å². The number of aliphatic hydroxyl groups excluding tert-OH is 1. The van der Waals surface area contributed by atoms with E-state index in [1.54, 1.807) is 17.1 Å². The highest BCUT2D eigenvalue weighted by atomic mass is 16.3. The first-order valence-electron chi connectivity index (χ1n) is 5.00. The Hall–Kier alpha value is -1.36. The highest BCUT2D eigenvalue weighted by molar-refractivity contribution is 5.75. The Morgan fingerprint density at radius 2 is 2.40 bits per heavy atom. The summed E-state index contributed by atoms with van der Waals surface area (Å²) >= 11 is 0. The molecule has 1 heterocycles. The van der Waals surface area contributed by atoms with E-state index in [0.29, 0.717) is 18.2 Å². The van der Waals surface area contributed by atoms with Gasteiger partial charge in [-0.25, -0.2) is 4.98 Å². The number of carbonyl (C=O) groups excluding carboxylic acids is 1. The summed E-state index contributed by atoms with van der Waals surface area (Å²) in [5, 5.41) is 11.6. The molecule has 0 atom stereocenters. The summed E-state index contributed by atoms with van der Waals surface area (Å²) in [7, 11) is 0. The predicted octanol–water partition coefficient (Wildman–Crippen LogP) is 0.148. The minimum Gasteiger partial charge on any atom is -0.390 e. The van der Waals surface area contributed by atoms with Crippen molar-refractivity contribution in [1.82, 2.24) is 14.9 Å². The van der Waals surface area contributed by atoms with Crippen molar-refractivity contribution < 1.29 is 9.90 Å². The van der Waals surface area contributed by atoms with E-state index >= 15 is 0 Å². The van der Waals surface area contributed by atoms with E-state index in [1.165, 1.54) is 0 Å². The number of aromatic nitrogens is 2. The van der Waals surface area contributed by atoms with Crippen LogP contribution in [0.15, 0.2) is 12.5 Å². The van der Waals surface area contributed by atoms with E-state index in [-0.39, 0.29) is 19.1 Å². The SMILES string of the molecule is CC(C)CNC(=O)Cn1cnc(CO)c1. The second kappa shape index (κ2) is 5.50. The fourth-order valence-electron chi connectivity index (χ4n) is 1.11. The molecule has 0 saturated carbocycles. The highest BCUT2D eigenvalue weighted by Crippen LogP contribution is 1.95. The molecule has 1 aromatic rings. The summed E-state index contributed by atoms with van der Waals surface area (Å²) in [5.74, 6) is 0.412. The normalized spacial score (nSPS) is 10.7. The fraction of sp³-hybridized carbons (Fsp3) is 0.600. The first-order valence-corrected chi connectivity index (χ1v) is 5.00. The fourth-order valence-corrected chi connectivity index (χ4v) is 1.11. The number of hydrogen-bond acceptors (Lipinski definition) is 3. The zero-order chi connectivity index (χ0) is 11.3. The van der Waals surface area contributed by atoms with Gasteiger partial charge in [-0.3, -0.25) is 4.79 Å². The maximum atomic E-state index is 11.4. The average Bonchev–Trinajstić information content (AvgIpc) is 2.62. The van der Waals surface area contributed by atoms with Crippen LogP contribution in [-0.4, -0.2) is 27.1 Å². The quantitative estimate of drug-likeness (QED) is 0.728. The molecule has 15 heavy (non-hydrogen) atoms. The topological polar surface area (TPSA) is 67.2 Å². The van der Waals surface area contributed by atoms with Crippen molar-refractivity contribution in [3.8, 4) is 0 Å². The van der Waals surface area contributed by atoms with Gasteiger partial charge in [0.05, 0.1) is 18.6 Å². The number of rotatable bonds is 5. The maximum Gasteiger partial charge on any atom is 0.239 e. The van der Waals surface area contributed by atoms with Crippen LogP contribution in [0.2, 0.25) is 0 Å². The Morgan fingerprint density at radius 3 is 2.93 bits per heavy atom. The molecule has 0 radical (unpaired) electrons. The van der Waals surface area contributed by atoms with E-state index in [4.69, 9.17) is 5.11 Å². The van der Waals surface area contributed by atoms with E-state index in [1.807, 2.05) is 13.8 Å². The number of imidazole rings is 1. The zero-order valence-corrected chi connectivity index (χ0v) is 9.10.